The van der Waals surface area contributed by atoms with Crippen molar-refractivity contribution in [3.05, 3.63) is 0 Å². The number of hydrogen-bond acceptors (Lipinski definition) is 4. The first-order chi connectivity index (χ1) is 7.25. The molecule has 0 spiro atoms. The number of carbonyl (C=O) groups is 3. The van der Waals surface area contributed by atoms with Crippen molar-refractivity contribution in [2.24, 2.45) is 23.1 Å². The maximum absolute atomic E-state index is 11.5. The predicted octanol–water partition coefficient (Wildman–Crippen LogP) is -2.18. The van der Waals surface area contributed by atoms with Gasteiger partial charge in [-0.25, -0.2) is 0 Å². The van der Waals surface area contributed by atoms with Crippen LogP contribution in [0.15, 0.2) is 0 Å². The normalized spacial score (nSPS) is 14.2. The van der Waals surface area contributed by atoms with Gasteiger partial charge in [0.05, 0.1) is 12.5 Å². The molecule has 0 bridgehead atoms. The second-order valence-corrected chi connectivity index (χ2v) is 3.90. The zero-order valence-electron chi connectivity index (χ0n) is 9.40. The van der Waals surface area contributed by atoms with E-state index >= 15 is 0 Å². The van der Waals surface area contributed by atoms with Crippen LogP contribution < -0.4 is 22.5 Å². The molecule has 0 aromatic rings. The summed E-state index contributed by atoms with van der Waals surface area (Å²) >= 11 is 0. The van der Waals surface area contributed by atoms with E-state index in [0.717, 1.165) is 0 Å². The van der Waals surface area contributed by atoms with E-state index in [1.807, 2.05) is 0 Å². The van der Waals surface area contributed by atoms with E-state index in [-0.39, 0.29) is 12.3 Å². The molecule has 0 aliphatic heterocycles. The number of hydrogen-bond donors (Lipinski definition) is 4. The van der Waals surface area contributed by atoms with Gasteiger partial charge in [0.2, 0.25) is 17.7 Å². The van der Waals surface area contributed by atoms with Gasteiger partial charge < -0.3 is 22.5 Å². The van der Waals surface area contributed by atoms with Crippen LogP contribution in [0.3, 0.4) is 0 Å². The zero-order valence-corrected chi connectivity index (χ0v) is 9.40. The maximum atomic E-state index is 11.5. The van der Waals surface area contributed by atoms with Crippen molar-refractivity contribution in [1.29, 1.82) is 0 Å². The topological polar surface area (TPSA) is 141 Å². The Labute approximate surface area is 93.7 Å². The largest absolute Gasteiger partial charge is 0.370 e. The fraction of sp³-hybridized carbons (Fsp3) is 0.667. The Morgan fingerprint density at radius 2 is 1.69 bits per heavy atom. The minimum Gasteiger partial charge on any atom is -0.370 e. The van der Waals surface area contributed by atoms with Crippen LogP contribution in [0.25, 0.3) is 0 Å². The first kappa shape index (κ1) is 14.4. The van der Waals surface area contributed by atoms with Crippen molar-refractivity contribution in [3.8, 4) is 0 Å². The Morgan fingerprint density at radius 3 is 2.00 bits per heavy atom. The summed E-state index contributed by atoms with van der Waals surface area (Å²) in [5.41, 5.74) is 15.5. The molecule has 0 radical (unpaired) electrons. The van der Waals surface area contributed by atoms with E-state index in [1.54, 1.807) is 13.8 Å². The third kappa shape index (κ3) is 4.74. The van der Waals surface area contributed by atoms with Gasteiger partial charge in [0.25, 0.3) is 0 Å². The molecule has 0 fully saturated rings. The second kappa shape index (κ2) is 6.06. The van der Waals surface area contributed by atoms with Gasteiger partial charge in [-0.05, 0) is 5.92 Å². The number of nitrogens with two attached hydrogens (primary N) is 3. The predicted molar refractivity (Wildman–Crippen MR) is 57.7 cm³/mol. The molecule has 92 valence electrons. The number of primary amides is 2. The smallest absolute Gasteiger partial charge is 0.240 e. The van der Waals surface area contributed by atoms with Crippen molar-refractivity contribution in [2.75, 3.05) is 0 Å². The quantitative estimate of drug-likeness (QED) is 0.411. The molecule has 2 atom stereocenters. The van der Waals surface area contributed by atoms with E-state index in [1.165, 1.54) is 0 Å². The maximum Gasteiger partial charge on any atom is 0.240 e. The SMILES string of the molecule is CC(C)C(N)C(=O)N[C@@H](CC(N)=O)C(N)=O. The average Bonchev–Trinajstić information content (AvgIpc) is 2.14. The molecule has 0 saturated carbocycles. The standard InChI is InChI=1S/C9H18N4O3/c1-4(2)7(11)9(16)13-5(8(12)15)3-6(10)14/h4-5,7H,3,11H2,1-2H3,(H2,10,14)(H2,12,15)(H,13,16)/t5-,7?/m0/s1. The molecule has 0 aliphatic carbocycles. The summed E-state index contributed by atoms with van der Waals surface area (Å²) in [4.78, 5) is 33.0. The molecule has 0 heterocycles. The summed E-state index contributed by atoms with van der Waals surface area (Å²) in [6, 6.07) is -1.86. The van der Waals surface area contributed by atoms with Crippen LogP contribution in [-0.2, 0) is 14.4 Å². The molecule has 7 heteroatoms. The number of rotatable bonds is 6. The van der Waals surface area contributed by atoms with E-state index in [9.17, 15) is 14.4 Å². The molecular weight excluding hydrogens is 212 g/mol. The molecule has 0 rings (SSSR count). The van der Waals surface area contributed by atoms with Crippen LogP contribution in [0.1, 0.15) is 20.3 Å². The Morgan fingerprint density at radius 1 is 1.19 bits per heavy atom. The lowest BCUT2D eigenvalue weighted by Crippen LogP contribution is -2.53. The van der Waals surface area contributed by atoms with Gasteiger partial charge in [-0.1, -0.05) is 13.8 Å². The van der Waals surface area contributed by atoms with Gasteiger partial charge in [0.15, 0.2) is 0 Å². The van der Waals surface area contributed by atoms with Crippen molar-refractivity contribution in [2.45, 2.75) is 32.4 Å². The molecule has 16 heavy (non-hydrogen) atoms. The van der Waals surface area contributed by atoms with Gasteiger partial charge in [0, 0.05) is 0 Å². The summed E-state index contributed by atoms with van der Waals surface area (Å²) in [6.45, 7) is 3.52. The number of nitrogens with one attached hydrogen (secondary N) is 1. The highest BCUT2D eigenvalue weighted by Gasteiger charge is 2.24. The van der Waals surface area contributed by atoms with Crippen molar-refractivity contribution in [3.63, 3.8) is 0 Å². The van der Waals surface area contributed by atoms with Crippen LogP contribution in [0, 0.1) is 5.92 Å². The van der Waals surface area contributed by atoms with Crippen LogP contribution in [-0.4, -0.2) is 29.8 Å². The fourth-order valence-corrected chi connectivity index (χ4v) is 0.995. The summed E-state index contributed by atoms with van der Waals surface area (Å²) in [5, 5.41) is 2.29. The zero-order chi connectivity index (χ0) is 12.9. The Hall–Kier alpha value is -1.63. The molecule has 0 aromatic carbocycles. The van der Waals surface area contributed by atoms with Gasteiger partial charge in [-0.3, -0.25) is 14.4 Å². The van der Waals surface area contributed by atoms with Crippen LogP contribution in [0.5, 0.6) is 0 Å². The van der Waals surface area contributed by atoms with Gasteiger partial charge in [-0.15, -0.1) is 0 Å². The Bertz CT molecular complexity index is 290. The van der Waals surface area contributed by atoms with Crippen molar-refractivity contribution < 1.29 is 14.4 Å². The Kier molecular flexibility index (Phi) is 5.44. The molecule has 0 saturated heterocycles. The van der Waals surface area contributed by atoms with E-state index < -0.39 is 29.8 Å². The first-order valence-electron chi connectivity index (χ1n) is 4.89. The highest BCUT2D eigenvalue weighted by molar-refractivity contribution is 5.92. The number of carbonyl (C=O) groups excluding carboxylic acids is 3. The molecule has 0 aromatic heterocycles. The Balaban J connectivity index is 4.46. The molecule has 1 unspecified atom stereocenters. The van der Waals surface area contributed by atoms with Gasteiger partial charge in [0.1, 0.15) is 6.04 Å². The summed E-state index contributed by atoms with van der Waals surface area (Å²) in [6.07, 6.45) is -0.327. The van der Waals surface area contributed by atoms with E-state index in [4.69, 9.17) is 17.2 Å². The van der Waals surface area contributed by atoms with E-state index in [0.29, 0.717) is 0 Å². The molecular formula is C9H18N4O3. The third-order valence-electron chi connectivity index (χ3n) is 2.09. The highest BCUT2D eigenvalue weighted by atomic mass is 16.2. The average molecular weight is 230 g/mol. The van der Waals surface area contributed by atoms with E-state index in [2.05, 4.69) is 5.32 Å². The monoisotopic (exact) mass is 230 g/mol. The van der Waals surface area contributed by atoms with Crippen LogP contribution in [0.2, 0.25) is 0 Å². The summed E-state index contributed by atoms with van der Waals surface area (Å²) < 4.78 is 0. The lowest BCUT2D eigenvalue weighted by Gasteiger charge is -2.19. The van der Waals surface area contributed by atoms with Gasteiger partial charge in [-0.2, -0.15) is 0 Å². The molecule has 0 aliphatic rings. The summed E-state index contributed by atoms with van der Waals surface area (Å²) in [5.74, 6) is -2.15. The number of amides is 3. The minimum atomic E-state index is -1.10. The lowest BCUT2D eigenvalue weighted by molar-refractivity contribution is -0.130. The molecule has 7 N–H and O–H groups in total. The lowest BCUT2D eigenvalue weighted by atomic mass is 10.0. The minimum absolute atomic E-state index is 0.0814. The first-order valence-corrected chi connectivity index (χ1v) is 4.89. The van der Waals surface area contributed by atoms with Crippen molar-refractivity contribution in [1.82, 2.24) is 5.32 Å². The van der Waals surface area contributed by atoms with Crippen LogP contribution in [0.4, 0.5) is 0 Å². The second-order valence-electron chi connectivity index (χ2n) is 3.90. The van der Waals surface area contributed by atoms with Crippen LogP contribution >= 0.6 is 0 Å². The van der Waals surface area contributed by atoms with Gasteiger partial charge >= 0.3 is 0 Å². The molecule has 3 amide bonds. The molecule has 7 nitrogen and oxygen atoms in total. The fourth-order valence-electron chi connectivity index (χ4n) is 0.995. The summed E-state index contributed by atoms with van der Waals surface area (Å²) in [7, 11) is 0. The van der Waals surface area contributed by atoms with Crippen molar-refractivity contribution >= 4 is 17.7 Å². The highest BCUT2D eigenvalue weighted by Crippen LogP contribution is 1.99. The third-order valence-corrected chi connectivity index (χ3v) is 2.09.